The van der Waals surface area contributed by atoms with Gasteiger partial charge in [0.15, 0.2) is 0 Å². The summed E-state index contributed by atoms with van der Waals surface area (Å²) in [7, 11) is 1.64. The maximum absolute atomic E-state index is 5.68. The summed E-state index contributed by atoms with van der Waals surface area (Å²) < 4.78 is 16.3. The van der Waals surface area contributed by atoms with E-state index in [0.29, 0.717) is 18.9 Å². The number of methoxy groups -OCH3 is 1. The van der Waals surface area contributed by atoms with Crippen molar-refractivity contribution < 1.29 is 14.2 Å². The summed E-state index contributed by atoms with van der Waals surface area (Å²) >= 11 is 0. The summed E-state index contributed by atoms with van der Waals surface area (Å²) in [6.45, 7) is 1.18. The largest absolute Gasteiger partial charge is 0.497 e. The summed E-state index contributed by atoms with van der Waals surface area (Å²) in [6, 6.07) is 14.9. The highest BCUT2D eigenvalue weighted by Gasteiger charge is 1.98. The number of benzene rings is 2. The maximum Gasteiger partial charge on any atom is 0.122 e. The van der Waals surface area contributed by atoms with Gasteiger partial charge in [-0.05, 0) is 24.3 Å². The van der Waals surface area contributed by atoms with Crippen LogP contribution in [0.3, 0.4) is 0 Å². The standard InChI is InChI=1S/C16H19NO3/c1-18-14-6-3-8-16(12-14)20-10-4-9-19-15-7-2-5-13(17)11-15/h2-3,5-8,11-12H,4,9-10,17H2,1H3. The fraction of sp³-hybridized carbons (Fsp3) is 0.250. The first-order chi connectivity index (χ1) is 9.78. The van der Waals surface area contributed by atoms with Gasteiger partial charge in [0.05, 0.1) is 20.3 Å². The molecular formula is C16H19NO3. The minimum atomic E-state index is 0.591. The fourth-order valence-corrected chi connectivity index (χ4v) is 1.73. The third-order valence-corrected chi connectivity index (χ3v) is 2.73. The highest BCUT2D eigenvalue weighted by molar-refractivity contribution is 5.43. The van der Waals surface area contributed by atoms with Crippen molar-refractivity contribution in [3.05, 3.63) is 48.5 Å². The summed E-state index contributed by atoms with van der Waals surface area (Å²) in [4.78, 5) is 0. The molecule has 4 nitrogen and oxygen atoms in total. The van der Waals surface area contributed by atoms with Gasteiger partial charge in [0.25, 0.3) is 0 Å². The molecule has 0 aliphatic rings. The zero-order chi connectivity index (χ0) is 14.2. The first-order valence-corrected chi connectivity index (χ1v) is 6.53. The van der Waals surface area contributed by atoms with Crippen molar-refractivity contribution in [1.29, 1.82) is 0 Å². The minimum absolute atomic E-state index is 0.591. The van der Waals surface area contributed by atoms with E-state index in [1.807, 2.05) is 48.5 Å². The Morgan fingerprint density at radius 1 is 0.850 bits per heavy atom. The first-order valence-electron chi connectivity index (χ1n) is 6.53. The van der Waals surface area contributed by atoms with Gasteiger partial charge in [-0.3, -0.25) is 0 Å². The van der Waals surface area contributed by atoms with Crippen molar-refractivity contribution >= 4 is 5.69 Å². The van der Waals surface area contributed by atoms with Crippen molar-refractivity contribution in [2.24, 2.45) is 0 Å². The Kier molecular flexibility index (Phi) is 5.12. The van der Waals surface area contributed by atoms with Crippen molar-refractivity contribution in [2.45, 2.75) is 6.42 Å². The average Bonchev–Trinajstić information content (AvgIpc) is 2.47. The van der Waals surface area contributed by atoms with Crippen LogP contribution in [0.5, 0.6) is 17.2 Å². The summed E-state index contributed by atoms with van der Waals surface area (Å²) in [5.74, 6) is 2.37. The number of hydrogen-bond acceptors (Lipinski definition) is 4. The zero-order valence-corrected chi connectivity index (χ0v) is 11.5. The van der Waals surface area contributed by atoms with E-state index >= 15 is 0 Å². The Hall–Kier alpha value is -2.36. The van der Waals surface area contributed by atoms with Crippen LogP contribution in [0.1, 0.15) is 6.42 Å². The van der Waals surface area contributed by atoms with E-state index in [1.54, 1.807) is 7.11 Å². The van der Waals surface area contributed by atoms with E-state index in [2.05, 4.69) is 0 Å². The van der Waals surface area contributed by atoms with Gasteiger partial charge in [0.1, 0.15) is 17.2 Å². The normalized spacial score (nSPS) is 10.1. The monoisotopic (exact) mass is 273 g/mol. The topological polar surface area (TPSA) is 53.7 Å². The molecule has 0 bridgehead atoms. The fourth-order valence-electron chi connectivity index (χ4n) is 1.73. The number of nitrogen functional groups attached to an aromatic ring is 1. The lowest BCUT2D eigenvalue weighted by atomic mass is 10.3. The molecule has 2 N–H and O–H groups in total. The molecule has 4 heteroatoms. The van der Waals surface area contributed by atoms with E-state index in [4.69, 9.17) is 19.9 Å². The second-order valence-electron chi connectivity index (χ2n) is 4.30. The summed E-state index contributed by atoms with van der Waals surface area (Å²) in [5, 5.41) is 0. The highest BCUT2D eigenvalue weighted by atomic mass is 16.5. The predicted molar refractivity (Wildman–Crippen MR) is 79.5 cm³/mol. The van der Waals surface area contributed by atoms with Crippen LogP contribution in [0.25, 0.3) is 0 Å². The molecular weight excluding hydrogens is 254 g/mol. The molecule has 106 valence electrons. The molecule has 0 aromatic heterocycles. The van der Waals surface area contributed by atoms with Crippen LogP contribution in [-0.4, -0.2) is 20.3 Å². The minimum Gasteiger partial charge on any atom is -0.497 e. The van der Waals surface area contributed by atoms with Crippen molar-refractivity contribution in [2.75, 3.05) is 26.1 Å². The summed E-state index contributed by atoms with van der Waals surface area (Å²) in [5.41, 5.74) is 6.38. The van der Waals surface area contributed by atoms with Crippen LogP contribution < -0.4 is 19.9 Å². The molecule has 2 rings (SSSR count). The number of hydrogen-bond donors (Lipinski definition) is 1. The molecule has 0 aliphatic heterocycles. The molecule has 20 heavy (non-hydrogen) atoms. The van der Waals surface area contributed by atoms with Crippen molar-refractivity contribution in [1.82, 2.24) is 0 Å². The van der Waals surface area contributed by atoms with Gasteiger partial charge in [-0.25, -0.2) is 0 Å². The first kappa shape index (κ1) is 14.1. The Morgan fingerprint density at radius 2 is 1.45 bits per heavy atom. The van der Waals surface area contributed by atoms with Gasteiger partial charge in [0.2, 0.25) is 0 Å². The van der Waals surface area contributed by atoms with E-state index in [0.717, 1.165) is 23.7 Å². The van der Waals surface area contributed by atoms with Gasteiger partial charge in [0, 0.05) is 24.2 Å². The number of nitrogens with two attached hydrogens (primary N) is 1. The molecule has 2 aromatic carbocycles. The third-order valence-electron chi connectivity index (χ3n) is 2.73. The van der Waals surface area contributed by atoms with Crippen LogP contribution in [0.15, 0.2) is 48.5 Å². The smallest absolute Gasteiger partial charge is 0.122 e. The van der Waals surface area contributed by atoms with Gasteiger partial charge in [-0.2, -0.15) is 0 Å². The van der Waals surface area contributed by atoms with Crippen LogP contribution in [0.2, 0.25) is 0 Å². The SMILES string of the molecule is COc1cccc(OCCCOc2cccc(N)c2)c1. The van der Waals surface area contributed by atoms with E-state index in [9.17, 15) is 0 Å². The Morgan fingerprint density at radius 3 is 2.10 bits per heavy atom. The van der Waals surface area contributed by atoms with Crippen LogP contribution >= 0.6 is 0 Å². The predicted octanol–water partition coefficient (Wildman–Crippen LogP) is 3.13. The lowest BCUT2D eigenvalue weighted by molar-refractivity contribution is 0.247. The van der Waals surface area contributed by atoms with E-state index in [-0.39, 0.29) is 0 Å². The number of anilines is 1. The zero-order valence-electron chi connectivity index (χ0n) is 11.5. The van der Waals surface area contributed by atoms with E-state index in [1.165, 1.54) is 0 Å². The molecule has 2 aromatic rings. The van der Waals surface area contributed by atoms with Gasteiger partial charge in [-0.15, -0.1) is 0 Å². The number of rotatable bonds is 7. The molecule has 0 saturated heterocycles. The van der Waals surface area contributed by atoms with Crippen molar-refractivity contribution in [3.8, 4) is 17.2 Å². The maximum atomic E-state index is 5.68. The van der Waals surface area contributed by atoms with Gasteiger partial charge < -0.3 is 19.9 Å². The van der Waals surface area contributed by atoms with Crippen LogP contribution in [0.4, 0.5) is 5.69 Å². The van der Waals surface area contributed by atoms with Gasteiger partial charge >= 0.3 is 0 Å². The molecule has 0 atom stereocenters. The number of ether oxygens (including phenoxy) is 3. The van der Waals surface area contributed by atoms with Crippen LogP contribution in [0, 0.1) is 0 Å². The quantitative estimate of drug-likeness (QED) is 0.622. The second-order valence-corrected chi connectivity index (χ2v) is 4.30. The summed E-state index contributed by atoms with van der Waals surface area (Å²) in [6.07, 6.45) is 0.798. The molecule has 0 amide bonds. The lowest BCUT2D eigenvalue weighted by Gasteiger charge is -2.09. The average molecular weight is 273 g/mol. The molecule has 0 heterocycles. The second kappa shape index (κ2) is 7.28. The molecule has 0 unspecified atom stereocenters. The highest BCUT2D eigenvalue weighted by Crippen LogP contribution is 2.19. The lowest BCUT2D eigenvalue weighted by Crippen LogP contribution is -2.05. The van der Waals surface area contributed by atoms with Crippen molar-refractivity contribution in [3.63, 3.8) is 0 Å². The van der Waals surface area contributed by atoms with E-state index < -0.39 is 0 Å². The molecule has 0 saturated carbocycles. The molecule has 0 spiro atoms. The van der Waals surface area contributed by atoms with Gasteiger partial charge in [-0.1, -0.05) is 12.1 Å². The third kappa shape index (κ3) is 4.39. The Balaban J connectivity index is 1.68. The Labute approximate surface area is 119 Å². The Bertz CT molecular complexity index is 543. The molecule has 0 aliphatic carbocycles. The van der Waals surface area contributed by atoms with Crippen LogP contribution in [-0.2, 0) is 0 Å². The molecule has 0 fully saturated rings. The molecule has 0 radical (unpaired) electrons.